The Hall–Kier alpha value is -3.42. The molecule has 0 bridgehead atoms. The number of H-pyrrole nitrogens is 1. The number of benzene rings is 1. The van der Waals surface area contributed by atoms with Gasteiger partial charge < -0.3 is 14.2 Å². The van der Waals surface area contributed by atoms with Crippen molar-refractivity contribution in [1.82, 2.24) is 29.8 Å². The molecule has 0 spiro atoms. The molecule has 174 valence electrons. The molecule has 33 heavy (non-hydrogen) atoms. The normalized spacial score (nSPS) is 15.2. The third-order valence-electron chi connectivity index (χ3n) is 4.90. The van der Waals surface area contributed by atoms with Crippen LogP contribution in [0.2, 0.25) is 0 Å². The number of carbonyl (C=O) groups excluding carboxylic acids is 1. The van der Waals surface area contributed by atoms with E-state index in [9.17, 15) is 9.18 Å². The average Bonchev–Trinajstić information content (AvgIpc) is 3.23. The Kier molecular flexibility index (Phi) is 6.91. The monoisotopic (exact) mass is 475 g/mol. The van der Waals surface area contributed by atoms with Crippen molar-refractivity contribution < 1.29 is 23.4 Å². The molecule has 13 heteroatoms. The van der Waals surface area contributed by atoms with Gasteiger partial charge in [0.2, 0.25) is 0 Å². The summed E-state index contributed by atoms with van der Waals surface area (Å²) in [4.78, 5) is 21.1. The Labute approximate surface area is 193 Å². The van der Waals surface area contributed by atoms with Gasteiger partial charge in [-0.15, -0.1) is 5.10 Å². The van der Waals surface area contributed by atoms with Crippen molar-refractivity contribution in [2.75, 3.05) is 18.9 Å². The first-order valence-electron chi connectivity index (χ1n) is 9.93. The Morgan fingerprint density at radius 2 is 2.18 bits per heavy atom. The van der Waals surface area contributed by atoms with E-state index in [1.165, 1.54) is 17.2 Å². The molecule has 0 fully saturated rings. The van der Waals surface area contributed by atoms with Crippen LogP contribution < -0.4 is 18.9 Å². The first-order chi connectivity index (χ1) is 16.0. The van der Waals surface area contributed by atoms with Gasteiger partial charge in [0, 0.05) is 42.6 Å². The van der Waals surface area contributed by atoms with Crippen molar-refractivity contribution in [3.8, 4) is 17.5 Å². The number of anilines is 1. The van der Waals surface area contributed by atoms with E-state index in [-0.39, 0.29) is 31.0 Å². The van der Waals surface area contributed by atoms with Gasteiger partial charge in [-0.05, 0) is 32.2 Å². The molecule has 3 N–H and O–H groups in total. The summed E-state index contributed by atoms with van der Waals surface area (Å²) in [6, 6.07) is 6.49. The first kappa shape index (κ1) is 22.8. The third kappa shape index (κ3) is 4.99. The molecule has 1 atom stereocenters. The van der Waals surface area contributed by atoms with Crippen LogP contribution in [0.5, 0.6) is 17.5 Å². The van der Waals surface area contributed by atoms with Crippen LogP contribution in [0.15, 0.2) is 30.5 Å². The van der Waals surface area contributed by atoms with Gasteiger partial charge in [0.15, 0.2) is 17.5 Å². The number of amides is 1. The molecule has 4 rings (SSSR count). The number of aromatic nitrogens is 4. The van der Waals surface area contributed by atoms with Crippen LogP contribution in [-0.4, -0.2) is 45.3 Å². The number of pyridine rings is 1. The molecule has 3 aromatic rings. The molecule has 0 saturated carbocycles. The van der Waals surface area contributed by atoms with Gasteiger partial charge in [-0.2, -0.15) is 0 Å². The van der Waals surface area contributed by atoms with E-state index in [1.807, 2.05) is 6.92 Å². The second-order valence-corrected chi connectivity index (χ2v) is 7.84. The number of hydrogen-bond acceptors (Lipinski definition) is 10. The van der Waals surface area contributed by atoms with Crippen LogP contribution in [0.3, 0.4) is 0 Å². The summed E-state index contributed by atoms with van der Waals surface area (Å²) in [6.45, 7) is 2.14. The zero-order valence-electron chi connectivity index (χ0n) is 18.1. The van der Waals surface area contributed by atoms with Crippen molar-refractivity contribution >= 4 is 24.0 Å². The number of rotatable bonds is 9. The van der Waals surface area contributed by atoms with Crippen LogP contribution in [0, 0.1) is 5.82 Å². The molecule has 2 aromatic heterocycles. The first-order valence-corrected chi connectivity index (χ1v) is 10.7. The summed E-state index contributed by atoms with van der Waals surface area (Å²) < 4.78 is 36.5. The zero-order chi connectivity index (χ0) is 23.4. The topological polar surface area (TPSA) is 127 Å². The molecule has 1 aliphatic rings. The molecule has 1 aromatic carbocycles. The summed E-state index contributed by atoms with van der Waals surface area (Å²) in [5, 5.41) is 7.79. The standard InChI is InChI=1S/C20H22FN7O4S/c1-11-14-5-4-13(31-19-24-16(10-30-3)25-26-19)8-15(14)32-20(29)28(11)9-12-6-7-23-18(17(12)21)27-33-22-2/h4-8,11,22H,9-10H2,1-3H3,(H,23,27)(H,24,25,26). The summed E-state index contributed by atoms with van der Waals surface area (Å²) in [7, 11) is 3.25. The van der Waals surface area contributed by atoms with Gasteiger partial charge in [0.05, 0.1) is 12.6 Å². The number of nitrogens with zero attached hydrogens (tertiary/aromatic N) is 4. The van der Waals surface area contributed by atoms with Gasteiger partial charge in [-0.1, -0.05) is 5.10 Å². The average molecular weight is 476 g/mol. The number of halogens is 1. The minimum absolute atomic E-state index is 0.0191. The van der Waals surface area contributed by atoms with Crippen LogP contribution >= 0.6 is 12.1 Å². The van der Waals surface area contributed by atoms with Gasteiger partial charge in [0.1, 0.15) is 18.1 Å². The van der Waals surface area contributed by atoms with Crippen molar-refractivity contribution in [1.29, 1.82) is 0 Å². The molecule has 11 nitrogen and oxygen atoms in total. The molecule has 0 saturated heterocycles. The quantitative estimate of drug-likeness (QED) is 0.396. The number of methoxy groups -OCH3 is 1. The Morgan fingerprint density at radius 1 is 1.33 bits per heavy atom. The summed E-state index contributed by atoms with van der Waals surface area (Å²) in [6.07, 6.45) is 0.889. The maximum atomic E-state index is 14.8. The molecule has 1 aliphatic heterocycles. The van der Waals surface area contributed by atoms with Crippen molar-refractivity contribution in [2.24, 2.45) is 0 Å². The van der Waals surface area contributed by atoms with Crippen molar-refractivity contribution in [3.05, 3.63) is 53.2 Å². The highest BCUT2D eigenvalue weighted by atomic mass is 32.2. The lowest BCUT2D eigenvalue weighted by molar-refractivity contribution is 0.116. The van der Waals surface area contributed by atoms with Crippen molar-refractivity contribution in [2.45, 2.75) is 26.1 Å². The minimum Gasteiger partial charge on any atom is -0.424 e. The van der Waals surface area contributed by atoms with Gasteiger partial charge in [0.25, 0.3) is 0 Å². The summed E-state index contributed by atoms with van der Waals surface area (Å²) in [5.41, 5.74) is 1.08. The van der Waals surface area contributed by atoms with Crippen LogP contribution in [0.4, 0.5) is 15.0 Å². The predicted octanol–water partition coefficient (Wildman–Crippen LogP) is 3.55. The second-order valence-electron chi connectivity index (χ2n) is 7.02. The molecule has 3 heterocycles. The van der Waals surface area contributed by atoms with Crippen LogP contribution in [-0.2, 0) is 17.9 Å². The van der Waals surface area contributed by atoms with E-state index < -0.39 is 11.9 Å². The molecule has 0 aliphatic carbocycles. The lowest BCUT2D eigenvalue weighted by Crippen LogP contribution is -2.39. The van der Waals surface area contributed by atoms with E-state index in [0.29, 0.717) is 22.9 Å². The van der Waals surface area contributed by atoms with Crippen LogP contribution in [0.1, 0.15) is 29.9 Å². The number of fused-ring (bicyclic) bond motifs is 1. The fourth-order valence-electron chi connectivity index (χ4n) is 3.29. The predicted molar refractivity (Wildman–Crippen MR) is 118 cm³/mol. The van der Waals surface area contributed by atoms with E-state index in [0.717, 1.165) is 17.7 Å². The minimum atomic E-state index is -0.593. The number of nitrogens with one attached hydrogen (secondary N) is 3. The highest BCUT2D eigenvalue weighted by Crippen LogP contribution is 2.38. The lowest BCUT2D eigenvalue weighted by atomic mass is 10.0. The zero-order valence-corrected chi connectivity index (χ0v) is 18.9. The summed E-state index contributed by atoms with van der Waals surface area (Å²) >= 11 is 1.09. The van der Waals surface area contributed by atoms with E-state index >= 15 is 0 Å². The van der Waals surface area contributed by atoms with Crippen LogP contribution in [0.25, 0.3) is 0 Å². The highest BCUT2D eigenvalue weighted by molar-refractivity contribution is 7.98. The molecule has 0 radical (unpaired) electrons. The SMILES string of the molecule is CNSNc1nccc(CN2C(=O)Oc3cc(Oc4nnc(COC)[nH]4)ccc3C2C)c1F. The van der Waals surface area contributed by atoms with E-state index in [2.05, 4.69) is 29.6 Å². The fourth-order valence-corrected chi connectivity index (χ4v) is 3.63. The molecule has 1 unspecified atom stereocenters. The molecule has 1 amide bonds. The Morgan fingerprint density at radius 3 is 2.97 bits per heavy atom. The Bertz CT molecular complexity index is 1150. The maximum absolute atomic E-state index is 14.8. The fraction of sp³-hybridized carbons (Fsp3) is 0.300. The van der Waals surface area contributed by atoms with Gasteiger partial charge >= 0.3 is 12.1 Å². The van der Waals surface area contributed by atoms with Crippen molar-refractivity contribution in [3.63, 3.8) is 0 Å². The summed E-state index contributed by atoms with van der Waals surface area (Å²) in [5.74, 6) is 0.844. The van der Waals surface area contributed by atoms with Gasteiger partial charge in [-0.25, -0.2) is 18.9 Å². The number of aromatic amines is 1. The maximum Gasteiger partial charge on any atom is 0.416 e. The van der Waals surface area contributed by atoms with E-state index in [4.69, 9.17) is 14.2 Å². The van der Waals surface area contributed by atoms with E-state index in [1.54, 1.807) is 32.4 Å². The highest BCUT2D eigenvalue weighted by Gasteiger charge is 2.32. The number of ether oxygens (including phenoxy) is 3. The Balaban J connectivity index is 1.50. The number of carbonyl (C=O) groups is 1. The third-order valence-corrected chi connectivity index (χ3v) is 5.40. The molecular formula is C20H22FN7O4S. The van der Waals surface area contributed by atoms with Gasteiger partial charge in [-0.3, -0.25) is 14.6 Å². The lowest BCUT2D eigenvalue weighted by Gasteiger charge is -2.34. The number of hydrogen-bond donors (Lipinski definition) is 3. The largest absolute Gasteiger partial charge is 0.424 e. The second kappa shape index (κ2) is 10.0. The smallest absolute Gasteiger partial charge is 0.416 e. The molecular weight excluding hydrogens is 453 g/mol.